The maximum absolute atomic E-state index is 9.98. The van der Waals surface area contributed by atoms with E-state index in [1.165, 1.54) is 6.20 Å². The van der Waals surface area contributed by atoms with Crippen LogP contribution in [0.2, 0.25) is 0 Å². The van der Waals surface area contributed by atoms with Crippen molar-refractivity contribution in [2.24, 2.45) is 0 Å². The van der Waals surface area contributed by atoms with Crippen LogP contribution >= 0.6 is 0 Å². The third kappa shape index (κ3) is 7.08. The summed E-state index contributed by atoms with van der Waals surface area (Å²) in [6, 6.07) is 0. The molecule has 4 nitrogen and oxygen atoms in total. The lowest BCUT2D eigenvalue weighted by Crippen LogP contribution is -2.22. The summed E-state index contributed by atoms with van der Waals surface area (Å²) in [5.41, 5.74) is 0. The second kappa shape index (κ2) is 6.67. The van der Waals surface area contributed by atoms with Gasteiger partial charge in [-0.25, -0.2) is 4.79 Å². The van der Waals surface area contributed by atoms with Crippen LogP contribution in [0.3, 0.4) is 0 Å². The van der Waals surface area contributed by atoms with Crippen molar-refractivity contribution in [2.45, 2.75) is 25.9 Å². The molecule has 0 spiro atoms. The van der Waals surface area contributed by atoms with Crippen LogP contribution in [0.5, 0.6) is 0 Å². The van der Waals surface area contributed by atoms with Gasteiger partial charge in [0.05, 0.1) is 6.10 Å². The van der Waals surface area contributed by atoms with Gasteiger partial charge < -0.3 is 15.5 Å². The van der Waals surface area contributed by atoms with Crippen molar-refractivity contribution in [3.05, 3.63) is 12.3 Å². The average Bonchev–Trinajstić information content (AvgIpc) is 1.98. The van der Waals surface area contributed by atoms with E-state index in [4.69, 9.17) is 5.11 Å². The Morgan fingerprint density at radius 2 is 2.33 bits per heavy atom. The molecule has 0 aliphatic rings. The number of aliphatic hydroxyl groups excluding tert-OH is 1. The van der Waals surface area contributed by atoms with Crippen molar-refractivity contribution in [1.82, 2.24) is 5.32 Å². The quantitative estimate of drug-likeness (QED) is 0.506. The predicted octanol–water partition coefficient (Wildman–Crippen LogP) is 0.335. The van der Waals surface area contributed by atoms with Gasteiger partial charge in [0.25, 0.3) is 0 Å². The number of rotatable bonds is 6. The van der Waals surface area contributed by atoms with Crippen LogP contribution in [0.15, 0.2) is 12.3 Å². The molecule has 0 aromatic rings. The third-order valence-electron chi connectivity index (χ3n) is 1.32. The van der Waals surface area contributed by atoms with Crippen LogP contribution in [0.25, 0.3) is 0 Å². The molecule has 0 radical (unpaired) electrons. The van der Waals surface area contributed by atoms with Crippen LogP contribution < -0.4 is 5.32 Å². The molecule has 3 N–H and O–H groups in total. The van der Waals surface area contributed by atoms with E-state index in [-0.39, 0.29) is 0 Å². The first-order valence-corrected chi connectivity index (χ1v) is 3.97. The first-order chi connectivity index (χ1) is 5.66. The molecule has 0 bridgehead atoms. The number of carboxylic acid groups (broad SMARTS) is 1. The van der Waals surface area contributed by atoms with E-state index >= 15 is 0 Å². The lowest BCUT2D eigenvalue weighted by molar-refractivity contribution is -0.131. The summed E-state index contributed by atoms with van der Waals surface area (Å²) in [6.45, 7) is 2.38. The Labute approximate surface area is 71.9 Å². The van der Waals surface area contributed by atoms with Gasteiger partial charge in [0.1, 0.15) is 0 Å². The molecular formula is C8H15NO3. The van der Waals surface area contributed by atoms with Crippen molar-refractivity contribution in [3.63, 3.8) is 0 Å². The van der Waals surface area contributed by atoms with Gasteiger partial charge >= 0.3 is 5.97 Å². The largest absolute Gasteiger partial charge is 0.478 e. The van der Waals surface area contributed by atoms with Gasteiger partial charge in [-0.2, -0.15) is 0 Å². The highest BCUT2D eigenvalue weighted by molar-refractivity contribution is 5.79. The minimum absolute atomic E-state index is 0.395. The maximum Gasteiger partial charge on any atom is 0.329 e. The van der Waals surface area contributed by atoms with Gasteiger partial charge in [-0.1, -0.05) is 13.3 Å². The third-order valence-corrected chi connectivity index (χ3v) is 1.32. The van der Waals surface area contributed by atoms with Crippen LogP contribution in [-0.2, 0) is 4.79 Å². The fourth-order valence-corrected chi connectivity index (χ4v) is 0.770. The molecule has 0 aromatic carbocycles. The standard InChI is InChI=1S/C8H15NO3/c1-2-3-7(10)6-9-5-4-8(11)12/h4-5,7,9-10H,2-3,6H2,1H3,(H,11,12)/b5-4+. The number of carbonyl (C=O) groups is 1. The molecule has 0 rings (SSSR count). The summed E-state index contributed by atoms with van der Waals surface area (Å²) in [7, 11) is 0. The monoisotopic (exact) mass is 173 g/mol. The van der Waals surface area contributed by atoms with E-state index in [0.29, 0.717) is 6.54 Å². The normalized spacial score (nSPS) is 13.2. The zero-order valence-electron chi connectivity index (χ0n) is 7.16. The second-order valence-electron chi connectivity index (χ2n) is 2.52. The molecule has 0 aliphatic heterocycles. The Balaban J connectivity index is 3.36. The lowest BCUT2D eigenvalue weighted by Gasteiger charge is -2.07. The predicted molar refractivity (Wildman–Crippen MR) is 45.7 cm³/mol. The fraction of sp³-hybridized carbons (Fsp3) is 0.625. The SMILES string of the molecule is CCCC(O)CN/C=C/C(=O)O. The molecule has 70 valence electrons. The van der Waals surface area contributed by atoms with Gasteiger partial charge in [0, 0.05) is 18.8 Å². The van der Waals surface area contributed by atoms with Gasteiger partial charge in [-0.05, 0) is 6.42 Å². The molecule has 0 aromatic heterocycles. The zero-order valence-corrected chi connectivity index (χ0v) is 7.16. The highest BCUT2D eigenvalue weighted by Gasteiger charge is 1.98. The molecular weight excluding hydrogens is 158 g/mol. The number of hydrogen-bond acceptors (Lipinski definition) is 3. The molecule has 0 heterocycles. The summed E-state index contributed by atoms with van der Waals surface area (Å²) in [6.07, 6.45) is 3.58. The molecule has 0 aliphatic carbocycles. The summed E-state index contributed by atoms with van der Waals surface area (Å²) in [4.78, 5) is 9.98. The number of aliphatic hydroxyl groups is 1. The van der Waals surface area contributed by atoms with E-state index in [1.807, 2.05) is 6.92 Å². The van der Waals surface area contributed by atoms with Gasteiger partial charge in [-0.15, -0.1) is 0 Å². The van der Waals surface area contributed by atoms with Gasteiger partial charge in [0.2, 0.25) is 0 Å². The highest BCUT2D eigenvalue weighted by Crippen LogP contribution is 1.93. The molecule has 1 atom stereocenters. The average molecular weight is 173 g/mol. The topological polar surface area (TPSA) is 69.6 Å². The fourth-order valence-electron chi connectivity index (χ4n) is 0.770. The van der Waals surface area contributed by atoms with E-state index in [2.05, 4.69) is 5.32 Å². The van der Waals surface area contributed by atoms with Crippen LogP contribution in [0.4, 0.5) is 0 Å². The van der Waals surface area contributed by atoms with Crippen molar-refractivity contribution < 1.29 is 15.0 Å². The van der Waals surface area contributed by atoms with E-state index in [9.17, 15) is 9.90 Å². The van der Waals surface area contributed by atoms with E-state index in [1.54, 1.807) is 0 Å². The summed E-state index contributed by atoms with van der Waals surface area (Å²) >= 11 is 0. The van der Waals surface area contributed by atoms with Crippen LogP contribution in [0.1, 0.15) is 19.8 Å². The zero-order chi connectivity index (χ0) is 9.40. The van der Waals surface area contributed by atoms with Crippen molar-refractivity contribution in [3.8, 4) is 0 Å². The Morgan fingerprint density at radius 1 is 1.67 bits per heavy atom. The maximum atomic E-state index is 9.98. The molecule has 12 heavy (non-hydrogen) atoms. The lowest BCUT2D eigenvalue weighted by atomic mass is 10.2. The molecule has 0 fully saturated rings. The summed E-state index contributed by atoms with van der Waals surface area (Å²) < 4.78 is 0. The molecule has 0 saturated carbocycles. The molecule has 1 unspecified atom stereocenters. The second-order valence-corrected chi connectivity index (χ2v) is 2.52. The molecule has 4 heteroatoms. The van der Waals surface area contributed by atoms with Crippen LogP contribution in [0, 0.1) is 0 Å². The first-order valence-electron chi connectivity index (χ1n) is 3.97. The minimum atomic E-state index is -0.993. The summed E-state index contributed by atoms with van der Waals surface area (Å²) in [5, 5.41) is 20.1. The Hall–Kier alpha value is -1.03. The van der Waals surface area contributed by atoms with Crippen LogP contribution in [-0.4, -0.2) is 28.8 Å². The highest BCUT2D eigenvalue weighted by atomic mass is 16.4. The molecule has 0 amide bonds. The number of hydrogen-bond donors (Lipinski definition) is 3. The Morgan fingerprint density at radius 3 is 2.83 bits per heavy atom. The number of carboxylic acids is 1. The number of aliphatic carboxylic acids is 1. The minimum Gasteiger partial charge on any atom is -0.478 e. The van der Waals surface area contributed by atoms with Gasteiger partial charge in [0.15, 0.2) is 0 Å². The van der Waals surface area contributed by atoms with E-state index in [0.717, 1.165) is 18.9 Å². The Bertz CT molecular complexity index is 156. The Kier molecular flexibility index (Phi) is 6.09. The van der Waals surface area contributed by atoms with Crippen molar-refractivity contribution >= 4 is 5.97 Å². The smallest absolute Gasteiger partial charge is 0.329 e. The summed E-state index contributed by atoms with van der Waals surface area (Å²) in [5.74, 6) is -0.993. The van der Waals surface area contributed by atoms with Crippen molar-refractivity contribution in [2.75, 3.05) is 6.54 Å². The number of nitrogens with one attached hydrogen (secondary N) is 1. The van der Waals surface area contributed by atoms with Crippen molar-refractivity contribution in [1.29, 1.82) is 0 Å². The molecule has 0 saturated heterocycles. The first kappa shape index (κ1) is 11.0. The van der Waals surface area contributed by atoms with Gasteiger partial charge in [-0.3, -0.25) is 0 Å². The van der Waals surface area contributed by atoms with E-state index < -0.39 is 12.1 Å².